The summed E-state index contributed by atoms with van der Waals surface area (Å²) in [7, 11) is 1.74. The third-order valence-electron chi connectivity index (χ3n) is 3.10. The molecule has 1 aromatic heterocycles. The first-order chi connectivity index (χ1) is 8.95. The van der Waals surface area contributed by atoms with E-state index in [2.05, 4.69) is 15.9 Å². The molecule has 4 nitrogen and oxygen atoms in total. The molecule has 0 radical (unpaired) electrons. The van der Waals surface area contributed by atoms with Crippen LogP contribution in [0.3, 0.4) is 0 Å². The highest BCUT2D eigenvalue weighted by Crippen LogP contribution is 2.27. The smallest absolute Gasteiger partial charge is 0.341 e. The van der Waals surface area contributed by atoms with Crippen LogP contribution in [0.2, 0.25) is 0 Å². The van der Waals surface area contributed by atoms with Crippen LogP contribution in [0.1, 0.15) is 16.1 Å². The summed E-state index contributed by atoms with van der Waals surface area (Å²) in [5, 5.41) is 9.12. The Balaban J connectivity index is 2.87. The number of aromatic nitrogens is 1. The Labute approximate surface area is 118 Å². The summed E-state index contributed by atoms with van der Waals surface area (Å²) >= 11 is 3.22. The van der Waals surface area contributed by atoms with Gasteiger partial charge in [0.05, 0.1) is 10.2 Å². The molecule has 2 rings (SSSR count). The Morgan fingerprint density at radius 1 is 1.26 bits per heavy atom. The van der Waals surface area contributed by atoms with Gasteiger partial charge in [0.2, 0.25) is 5.43 Å². The second kappa shape index (κ2) is 5.01. The van der Waals surface area contributed by atoms with Gasteiger partial charge in [-0.2, -0.15) is 0 Å². The van der Waals surface area contributed by atoms with E-state index in [0.717, 1.165) is 5.56 Å². The molecule has 1 N–H and O–H groups in total. The van der Waals surface area contributed by atoms with Gasteiger partial charge in [0.1, 0.15) is 5.56 Å². The van der Waals surface area contributed by atoms with Gasteiger partial charge in [0.15, 0.2) is 0 Å². The number of carbonyl (C=O) groups is 1. The van der Waals surface area contributed by atoms with E-state index in [1.54, 1.807) is 18.5 Å². The number of aromatic carboxylic acids is 1. The molecule has 0 bridgehead atoms. The van der Waals surface area contributed by atoms with Crippen LogP contribution in [-0.4, -0.2) is 15.6 Å². The summed E-state index contributed by atoms with van der Waals surface area (Å²) in [6.45, 7) is 1.63. The van der Waals surface area contributed by atoms with E-state index in [1.807, 2.05) is 30.3 Å². The lowest BCUT2D eigenvalue weighted by Gasteiger charge is -2.16. The molecule has 1 heterocycles. The van der Waals surface area contributed by atoms with Crippen LogP contribution in [0, 0.1) is 6.92 Å². The first-order valence-electron chi connectivity index (χ1n) is 5.63. The molecular formula is C14H12BrNO3. The lowest BCUT2D eigenvalue weighted by atomic mass is 10.1. The molecule has 0 spiro atoms. The second-order valence-corrected chi connectivity index (χ2v) is 4.98. The molecule has 19 heavy (non-hydrogen) atoms. The predicted molar refractivity (Wildman–Crippen MR) is 76.5 cm³/mol. The van der Waals surface area contributed by atoms with Crippen LogP contribution in [0.15, 0.2) is 39.6 Å². The summed E-state index contributed by atoms with van der Waals surface area (Å²) in [6.07, 6.45) is 0. The third kappa shape index (κ3) is 2.21. The highest BCUT2D eigenvalue weighted by Gasteiger charge is 2.21. The van der Waals surface area contributed by atoms with Crippen molar-refractivity contribution in [3.05, 3.63) is 56.3 Å². The Morgan fingerprint density at radius 3 is 2.37 bits per heavy atom. The van der Waals surface area contributed by atoms with E-state index in [4.69, 9.17) is 5.11 Å². The fourth-order valence-electron chi connectivity index (χ4n) is 2.03. The number of halogens is 1. The Morgan fingerprint density at radius 2 is 1.84 bits per heavy atom. The standard InChI is InChI=1S/C14H12BrNO3/c1-8-10(14(18)19)13(17)11(15)12(16(8)2)9-6-4-3-5-7-9/h3-7H,1-2H3,(H,18,19). The molecule has 0 aliphatic carbocycles. The molecule has 5 heteroatoms. The van der Waals surface area contributed by atoms with E-state index in [1.165, 1.54) is 0 Å². The number of carboxylic acids is 1. The van der Waals surface area contributed by atoms with Gasteiger partial charge in [-0.3, -0.25) is 4.79 Å². The minimum atomic E-state index is -1.21. The van der Waals surface area contributed by atoms with Crippen LogP contribution in [0.5, 0.6) is 0 Å². The first-order valence-corrected chi connectivity index (χ1v) is 6.42. The van der Waals surface area contributed by atoms with E-state index >= 15 is 0 Å². The maximum absolute atomic E-state index is 12.1. The molecule has 0 saturated carbocycles. The van der Waals surface area contributed by atoms with Crippen molar-refractivity contribution in [1.29, 1.82) is 0 Å². The van der Waals surface area contributed by atoms with Gasteiger partial charge in [-0.1, -0.05) is 30.3 Å². The summed E-state index contributed by atoms with van der Waals surface area (Å²) in [6, 6.07) is 9.37. The molecule has 0 aliphatic heterocycles. The third-order valence-corrected chi connectivity index (χ3v) is 3.83. The van der Waals surface area contributed by atoms with Crippen LogP contribution in [-0.2, 0) is 7.05 Å². The fourth-order valence-corrected chi connectivity index (χ4v) is 2.73. The molecule has 0 unspecified atom stereocenters. The Kier molecular flexibility index (Phi) is 3.57. The average molecular weight is 322 g/mol. The zero-order valence-corrected chi connectivity index (χ0v) is 12.1. The summed E-state index contributed by atoms with van der Waals surface area (Å²) in [5.74, 6) is -1.21. The van der Waals surface area contributed by atoms with Crippen molar-refractivity contribution in [3.8, 4) is 11.3 Å². The molecule has 0 amide bonds. The lowest BCUT2D eigenvalue weighted by Crippen LogP contribution is -2.23. The van der Waals surface area contributed by atoms with E-state index in [0.29, 0.717) is 11.4 Å². The summed E-state index contributed by atoms with van der Waals surface area (Å²) < 4.78 is 1.98. The zero-order valence-electron chi connectivity index (χ0n) is 10.5. The van der Waals surface area contributed by atoms with Crippen molar-refractivity contribution in [2.45, 2.75) is 6.92 Å². The molecular weight excluding hydrogens is 310 g/mol. The molecule has 0 saturated heterocycles. The first kappa shape index (κ1) is 13.5. The van der Waals surface area contributed by atoms with Gasteiger partial charge in [0.25, 0.3) is 0 Å². The van der Waals surface area contributed by atoms with E-state index in [9.17, 15) is 9.59 Å². The monoisotopic (exact) mass is 321 g/mol. The van der Waals surface area contributed by atoms with Crippen molar-refractivity contribution >= 4 is 21.9 Å². The number of nitrogens with zero attached hydrogens (tertiary/aromatic N) is 1. The van der Waals surface area contributed by atoms with Gasteiger partial charge in [0, 0.05) is 12.7 Å². The van der Waals surface area contributed by atoms with Crippen LogP contribution in [0.4, 0.5) is 0 Å². The number of rotatable bonds is 2. The van der Waals surface area contributed by atoms with Crippen molar-refractivity contribution in [2.24, 2.45) is 7.05 Å². The summed E-state index contributed by atoms with van der Waals surface area (Å²) in [5.41, 5.74) is 1.26. The number of carboxylic acid groups (broad SMARTS) is 1. The van der Waals surface area contributed by atoms with Crippen molar-refractivity contribution in [3.63, 3.8) is 0 Å². The average Bonchev–Trinajstić information content (AvgIpc) is 2.38. The normalized spacial score (nSPS) is 10.5. The van der Waals surface area contributed by atoms with E-state index in [-0.39, 0.29) is 10.0 Å². The van der Waals surface area contributed by atoms with Gasteiger partial charge in [-0.25, -0.2) is 4.79 Å². The van der Waals surface area contributed by atoms with Crippen molar-refractivity contribution < 1.29 is 9.90 Å². The van der Waals surface area contributed by atoms with Gasteiger partial charge in [-0.05, 0) is 28.4 Å². The topological polar surface area (TPSA) is 59.3 Å². The van der Waals surface area contributed by atoms with Crippen LogP contribution >= 0.6 is 15.9 Å². The lowest BCUT2D eigenvalue weighted by molar-refractivity contribution is 0.0693. The molecule has 1 aromatic carbocycles. The van der Waals surface area contributed by atoms with Gasteiger partial charge in [-0.15, -0.1) is 0 Å². The molecule has 0 fully saturated rings. The van der Waals surface area contributed by atoms with Crippen molar-refractivity contribution in [1.82, 2.24) is 4.57 Å². The second-order valence-electron chi connectivity index (χ2n) is 4.18. The molecule has 0 atom stereocenters. The molecule has 2 aromatic rings. The predicted octanol–water partition coefficient (Wildman–Crippen LogP) is 2.82. The number of hydrogen-bond acceptors (Lipinski definition) is 2. The van der Waals surface area contributed by atoms with Crippen LogP contribution < -0.4 is 5.43 Å². The maximum atomic E-state index is 12.1. The highest BCUT2D eigenvalue weighted by molar-refractivity contribution is 9.10. The number of hydrogen-bond donors (Lipinski definition) is 1. The highest BCUT2D eigenvalue weighted by atomic mass is 79.9. The minimum absolute atomic E-state index is 0.200. The molecule has 0 aliphatic rings. The Hall–Kier alpha value is -1.88. The van der Waals surface area contributed by atoms with Gasteiger partial charge >= 0.3 is 5.97 Å². The molecule has 98 valence electrons. The fraction of sp³-hybridized carbons (Fsp3) is 0.143. The number of pyridine rings is 1. The quantitative estimate of drug-likeness (QED) is 0.925. The zero-order chi connectivity index (χ0) is 14.2. The van der Waals surface area contributed by atoms with Crippen LogP contribution in [0.25, 0.3) is 11.3 Å². The Bertz CT molecular complexity index is 705. The minimum Gasteiger partial charge on any atom is -0.477 e. The largest absolute Gasteiger partial charge is 0.477 e. The van der Waals surface area contributed by atoms with E-state index < -0.39 is 11.4 Å². The van der Waals surface area contributed by atoms with Crippen molar-refractivity contribution in [2.75, 3.05) is 0 Å². The SMILES string of the molecule is Cc1c(C(=O)O)c(=O)c(Br)c(-c2ccccc2)n1C. The summed E-state index contributed by atoms with van der Waals surface area (Å²) in [4.78, 5) is 23.3. The number of benzene rings is 1. The van der Waals surface area contributed by atoms with Gasteiger partial charge < -0.3 is 9.67 Å². The maximum Gasteiger partial charge on any atom is 0.341 e.